The Morgan fingerprint density at radius 2 is 1.11 bits per heavy atom. The summed E-state index contributed by atoms with van der Waals surface area (Å²) in [7, 11) is 0. The molecule has 0 heterocycles. The second-order valence-electron chi connectivity index (χ2n) is 8.86. The van der Waals surface area contributed by atoms with Gasteiger partial charge in [-0.25, -0.2) is 0 Å². The Bertz CT molecular complexity index is 641. The molecule has 0 rings (SSSR count). The highest BCUT2D eigenvalue weighted by Gasteiger charge is 2.21. The van der Waals surface area contributed by atoms with Crippen molar-refractivity contribution < 1.29 is 34.2 Å². The molecule has 0 aromatic carbocycles. The van der Waals surface area contributed by atoms with Gasteiger partial charge in [-0.05, 0) is 19.3 Å². The number of hydrogen-bond acceptors (Lipinski definition) is 5. The summed E-state index contributed by atoms with van der Waals surface area (Å²) in [6.07, 6.45) is 13.2. The smallest absolute Gasteiger partial charge is 0.303 e. The maximum Gasteiger partial charge on any atom is 0.303 e. The topological polar surface area (TPSA) is 162 Å². The number of nitrogens with one attached hydrogen (secondary N) is 3. The Morgan fingerprint density at radius 3 is 1.60 bits per heavy atom. The normalized spacial score (nSPS) is 11.5. The molecule has 0 aliphatic heterocycles. The third-order valence-electron chi connectivity index (χ3n) is 5.68. The zero-order valence-electron chi connectivity index (χ0n) is 21.2. The number of rotatable bonds is 23. The lowest BCUT2D eigenvalue weighted by atomic mass is 10.0. The average Bonchev–Trinajstić information content (AvgIpc) is 2.81. The second-order valence-corrected chi connectivity index (χ2v) is 8.86. The summed E-state index contributed by atoms with van der Waals surface area (Å²) in [5.41, 5.74) is 0. The van der Waals surface area contributed by atoms with Crippen molar-refractivity contribution in [2.75, 3.05) is 13.1 Å². The van der Waals surface area contributed by atoms with Crippen LogP contribution in [0.2, 0.25) is 0 Å². The Hall–Kier alpha value is -2.65. The molecule has 35 heavy (non-hydrogen) atoms. The third kappa shape index (κ3) is 21.6. The summed E-state index contributed by atoms with van der Waals surface area (Å²) in [6, 6.07) is -0.977. The molecule has 0 bridgehead atoms. The summed E-state index contributed by atoms with van der Waals surface area (Å²) in [5, 5.41) is 25.1. The quantitative estimate of drug-likeness (QED) is 0.135. The maximum atomic E-state index is 12.2. The van der Waals surface area contributed by atoms with Crippen molar-refractivity contribution >= 4 is 29.7 Å². The molecule has 0 fully saturated rings. The number of aliphatic carboxylic acids is 2. The van der Waals surface area contributed by atoms with E-state index in [9.17, 15) is 24.0 Å². The van der Waals surface area contributed by atoms with Crippen molar-refractivity contribution in [3.05, 3.63) is 0 Å². The van der Waals surface area contributed by atoms with E-state index in [2.05, 4.69) is 16.0 Å². The number of carboxylic acid groups (broad SMARTS) is 2. The van der Waals surface area contributed by atoms with Crippen LogP contribution in [0.15, 0.2) is 0 Å². The predicted molar refractivity (Wildman–Crippen MR) is 133 cm³/mol. The first-order valence-corrected chi connectivity index (χ1v) is 13.0. The van der Waals surface area contributed by atoms with Crippen LogP contribution in [0.1, 0.15) is 110 Å². The van der Waals surface area contributed by atoms with Crippen LogP contribution >= 0.6 is 0 Å². The summed E-state index contributed by atoms with van der Waals surface area (Å²) >= 11 is 0. The van der Waals surface area contributed by atoms with Gasteiger partial charge >= 0.3 is 11.9 Å². The lowest BCUT2D eigenvalue weighted by Crippen LogP contribution is -2.49. The Morgan fingerprint density at radius 1 is 0.629 bits per heavy atom. The highest BCUT2D eigenvalue weighted by Crippen LogP contribution is 2.12. The zero-order chi connectivity index (χ0) is 26.3. The molecule has 5 N–H and O–H groups in total. The molecule has 0 saturated heterocycles. The van der Waals surface area contributed by atoms with E-state index >= 15 is 0 Å². The van der Waals surface area contributed by atoms with Gasteiger partial charge in [0.05, 0.1) is 6.54 Å². The lowest BCUT2D eigenvalue weighted by molar-refractivity contribution is -0.138. The van der Waals surface area contributed by atoms with Gasteiger partial charge in [-0.2, -0.15) is 0 Å². The molecule has 0 spiro atoms. The molecular formula is C25H45N3O7. The molecule has 10 nitrogen and oxygen atoms in total. The van der Waals surface area contributed by atoms with E-state index < -0.39 is 23.9 Å². The molecule has 0 aliphatic rings. The van der Waals surface area contributed by atoms with Crippen LogP contribution in [-0.2, 0) is 24.0 Å². The molecule has 10 heteroatoms. The van der Waals surface area contributed by atoms with Crippen LogP contribution in [0.3, 0.4) is 0 Å². The number of hydrogen-bond donors (Lipinski definition) is 5. The van der Waals surface area contributed by atoms with Crippen LogP contribution in [0.4, 0.5) is 0 Å². The van der Waals surface area contributed by atoms with Crippen LogP contribution in [0, 0.1) is 0 Å². The first-order valence-electron chi connectivity index (χ1n) is 13.0. The lowest BCUT2D eigenvalue weighted by Gasteiger charge is -2.17. The van der Waals surface area contributed by atoms with Crippen molar-refractivity contribution in [1.82, 2.24) is 16.0 Å². The molecule has 3 amide bonds. The highest BCUT2D eigenvalue weighted by molar-refractivity contribution is 5.90. The molecule has 0 radical (unpaired) electrons. The molecule has 0 saturated carbocycles. The number of carbonyl (C=O) groups is 5. The van der Waals surface area contributed by atoms with Gasteiger partial charge in [0.25, 0.3) is 0 Å². The van der Waals surface area contributed by atoms with E-state index in [-0.39, 0.29) is 44.0 Å². The fourth-order valence-electron chi connectivity index (χ4n) is 3.58. The van der Waals surface area contributed by atoms with Crippen LogP contribution in [-0.4, -0.2) is 59.0 Å². The van der Waals surface area contributed by atoms with Gasteiger partial charge in [0, 0.05) is 25.8 Å². The van der Waals surface area contributed by atoms with Crippen LogP contribution < -0.4 is 16.0 Å². The molecule has 202 valence electrons. The minimum absolute atomic E-state index is 0.0386. The second kappa shape index (κ2) is 21.9. The molecule has 0 aliphatic carbocycles. The highest BCUT2D eigenvalue weighted by atomic mass is 16.4. The predicted octanol–water partition coefficient (Wildman–Crippen LogP) is 3.13. The fraction of sp³-hybridized carbons (Fsp3) is 0.800. The third-order valence-corrected chi connectivity index (χ3v) is 5.68. The molecular weight excluding hydrogens is 454 g/mol. The van der Waals surface area contributed by atoms with Crippen LogP contribution in [0.25, 0.3) is 0 Å². The monoisotopic (exact) mass is 499 g/mol. The van der Waals surface area contributed by atoms with Gasteiger partial charge in [-0.15, -0.1) is 0 Å². The number of unbranched alkanes of at least 4 members (excludes halogenated alkanes) is 11. The standard InChI is InChI=1S/C25H45N3O7/c1-2-21(29)28-20(16-17-24(33)34)25(35)27-19-22(30)26-18-14-12-10-8-6-4-3-5-7-9-11-13-15-23(31)32/h20H,2-19H2,1H3,(H,26,30)(H,27,35)(H,28,29)(H,31,32)(H,33,34)/t20-/m0/s1. The minimum atomic E-state index is -1.06. The van der Waals surface area contributed by atoms with E-state index in [1.807, 2.05) is 0 Å². The minimum Gasteiger partial charge on any atom is -0.481 e. The molecule has 0 unspecified atom stereocenters. The van der Waals surface area contributed by atoms with Gasteiger partial charge in [-0.1, -0.05) is 71.1 Å². The van der Waals surface area contributed by atoms with Gasteiger partial charge in [0.2, 0.25) is 17.7 Å². The SMILES string of the molecule is CCC(=O)N[C@@H](CCC(=O)O)C(=O)NCC(=O)NCCCCCCCCCCCCCCC(=O)O. The number of carbonyl (C=O) groups excluding carboxylic acids is 3. The molecule has 1 atom stereocenters. The van der Waals surface area contributed by atoms with Crippen molar-refractivity contribution in [1.29, 1.82) is 0 Å². The first-order chi connectivity index (χ1) is 16.8. The first kappa shape index (κ1) is 32.4. The van der Waals surface area contributed by atoms with Gasteiger partial charge < -0.3 is 26.2 Å². The Balaban J connectivity index is 3.69. The van der Waals surface area contributed by atoms with Crippen molar-refractivity contribution in [2.24, 2.45) is 0 Å². The van der Waals surface area contributed by atoms with E-state index in [1.165, 1.54) is 38.5 Å². The number of amides is 3. The fourth-order valence-corrected chi connectivity index (χ4v) is 3.58. The average molecular weight is 500 g/mol. The van der Waals surface area contributed by atoms with Gasteiger partial charge in [0.1, 0.15) is 6.04 Å². The van der Waals surface area contributed by atoms with E-state index in [4.69, 9.17) is 10.2 Å². The molecule has 0 aromatic rings. The maximum absolute atomic E-state index is 12.2. The van der Waals surface area contributed by atoms with Gasteiger partial charge in [0.15, 0.2) is 0 Å². The summed E-state index contributed by atoms with van der Waals surface area (Å²) < 4.78 is 0. The Kier molecular flexibility index (Phi) is 20.2. The van der Waals surface area contributed by atoms with E-state index in [1.54, 1.807) is 6.92 Å². The largest absolute Gasteiger partial charge is 0.481 e. The summed E-state index contributed by atoms with van der Waals surface area (Å²) in [4.78, 5) is 56.9. The number of carboxylic acids is 2. The Labute approximate surface area is 209 Å². The van der Waals surface area contributed by atoms with Crippen LogP contribution in [0.5, 0.6) is 0 Å². The van der Waals surface area contributed by atoms with Crippen molar-refractivity contribution in [2.45, 2.75) is 116 Å². The van der Waals surface area contributed by atoms with Gasteiger partial charge in [-0.3, -0.25) is 24.0 Å². The summed E-state index contributed by atoms with van der Waals surface area (Å²) in [6.45, 7) is 1.95. The van der Waals surface area contributed by atoms with E-state index in [0.717, 1.165) is 38.5 Å². The van der Waals surface area contributed by atoms with Crippen molar-refractivity contribution in [3.63, 3.8) is 0 Å². The molecule has 0 aromatic heterocycles. The van der Waals surface area contributed by atoms with E-state index in [0.29, 0.717) is 6.54 Å². The zero-order valence-corrected chi connectivity index (χ0v) is 21.2. The summed E-state index contributed by atoms with van der Waals surface area (Å²) in [5.74, 6) is -3.02. The van der Waals surface area contributed by atoms with Crippen molar-refractivity contribution in [3.8, 4) is 0 Å².